The van der Waals surface area contributed by atoms with E-state index >= 15 is 0 Å². The summed E-state index contributed by atoms with van der Waals surface area (Å²) in [5, 5.41) is 19.4. The van der Waals surface area contributed by atoms with Gasteiger partial charge in [-0.1, -0.05) is 60.2 Å². The van der Waals surface area contributed by atoms with Gasteiger partial charge in [0.2, 0.25) is 0 Å². The zero-order valence-electron chi connectivity index (χ0n) is 24.6. The smallest absolute Gasteiger partial charge is 0.323 e. The lowest BCUT2D eigenvalue weighted by Crippen LogP contribution is -2.07. The number of hydrogen-bond acceptors (Lipinski definition) is 4. The third-order valence-electron chi connectivity index (χ3n) is 7.15. The number of ether oxygens (including phenoxy) is 2. The van der Waals surface area contributed by atoms with Crippen molar-refractivity contribution in [1.82, 2.24) is 4.57 Å². The van der Waals surface area contributed by atoms with E-state index < -0.39 is 11.9 Å². The number of carbonyl (C=O) groups is 2. The molecule has 0 amide bonds. The van der Waals surface area contributed by atoms with Crippen LogP contribution in [0.25, 0.3) is 23.1 Å². The summed E-state index contributed by atoms with van der Waals surface area (Å²) >= 11 is 0. The summed E-state index contributed by atoms with van der Waals surface area (Å²) in [7, 11) is 0. The van der Waals surface area contributed by atoms with Crippen LogP contribution in [-0.4, -0.2) is 39.9 Å². The normalized spacial score (nSPS) is 11.3. The Bertz CT molecular complexity index is 1540. The number of carboxylic acid groups (broad SMARTS) is 2. The lowest BCUT2D eigenvalue weighted by molar-refractivity contribution is -0.138. The van der Waals surface area contributed by atoms with Crippen molar-refractivity contribution in [1.29, 1.82) is 0 Å². The summed E-state index contributed by atoms with van der Waals surface area (Å²) in [6, 6.07) is 18.0. The Kier molecular flexibility index (Phi) is 10.4. The van der Waals surface area contributed by atoms with Crippen LogP contribution in [0.4, 0.5) is 0 Å². The molecule has 7 heteroatoms. The van der Waals surface area contributed by atoms with E-state index in [0.717, 1.165) is 51.9 Å². The van der Waals surface area contributed by atoms with Crippen LogP contribution in [-0.2, 0) is 22.6 Å². The third kappa shape index (κ3) is 8.26. The molecule has 0 fully saturated rings. The van der Waals surface area contributed by atoms with Crippen LogP contribution in [0.2, 0.25) is 0 Å². The molecule has 1 heterocycles. The van der Waals surface area contributed by atoms with Gasteiger partial charge in [0.25, 0.3) is 0 Å². The monoisotopic (exact) mass is 569 g/mol. The maximum atomic E-state index is 11.5. The second-order valence-corrected chi connectivity index (χ2v) is 10.7. The van der Waals surface area contributed by atoms with Crippen LogP contribution < -0.4 is 9.47 Å². The first-order valence-electron chi connectivity index (χ1n) is 14.4. The number of hydrogen-bond donors (Lipinski definition) is 2. The largest absolute Gasteiger partial charge is 0.494 e. The number of unbranched alkanes of at least 4 members (excludes halogenated alkanes) is 1. The van der Waals surface area contributed by atoms with Gasteiger partial charge < -0.3 is 24.3 Å². The van der Waals surface area contributed by atoms with Gasteiger partial charge in [-0.25, -0.2) is 0 Å². The molecule has 4 rings (SSSR count). The molecule has 3 aromatic carbocycles. The predicted molar refractivity (Wildman–Crippen MR) is 166 cm³/mol. The lowest BCUT2D eigenvalue weighted by atomic mass is 10.0. The molecular formula is C35H39NO6. The van der Waals surface area contributed by atoms with Crippen molar-refractivity contribution in [3.63, 3.8) is 0 Å². The highest BCUT2D eigenvalue weighted by atomic mass is 16.5. The first kappa shape index (κ1) is 30.4. The van der Waals surface area contributed by atoms with Gasteiger partial charge in [-0.15, -0.1) is 0 Å². The summed E-state index contributed by atoms with van der Waals surface area (Å²) in [4.78, 5) is 22.5. The van der Waals surface area contributed by atoms with Crippen molar-refractivity contribution in [2.24, 2.45) is 0 Å². The number of fused-ring (bicyclic) bond motifs is 1. The van der Waals surface area contributed by atoms with Gasteiger partial charge in [0.1, 0.15) is 18.0 Å². The van der Waals surface area contributed by atoms with Gasteiger partial charge in [-0.05, 0) is 86.4 Å². The molecule has 4 aromatic rings. The SMILES string of the molecule is Cc1cc(C)c(OCCCCOc2ccc(/C=C/c3cccc4c(CCCC(=O)O)cn(CC(=O)O)c34)cc2)c(C)c1. The van der Waals surface area contributed by atoms with E-state index in [9.17, 15) is 14.7 Å². The average Bonchev–Trinajstić information content (AvgIpc) is 3.28. The van der Waals surface area contributed by atoms with Crippen LogP contribution in [0.15, 0.2) is 60.8 Å². The molecule has 1 aromatic heterocycles. The second-order valence-electron chi connectivity index (χ2n) is 10.7. The third-order valence-corrected chi connectivity index (χ3v) is 7.15. The fourth-order valence-electron chi connectivity index (χ4n) is 5.32. The predicted octanol–water partition coefficient (Wildman–Crippen LogP) is 7.47. The Balaban J connectivity index is 1.33. The highest BCUT2D eigenvalue weighted by molar-refractivity contribution is 5.94. The molecule has 0 radical (unpaired) electrons. The second kappa shape index (κ2) is 14.4. The zero-order chi connectivity index (χ0) is 30.1. The molecule has 0 aliphatic heterocycles. The van der Waals surface area contributed by atoms with E-state index in [4.69, 9.17) is 14.6 Å². The molecule has 7 nitrogen and oxygen atoms in total. The fourth-order valence-corrected chi connectivity index (χ4v) is 5.32. The van der Waals surface area contributed by atoms with E-state index in [-0.39, 0.29) is 13.0 Å². The molecule has 0 unspecified atom stereocenters. The molecule has 0 saturated heterocycles. The minimum atomic E-state index is -0.928. The topological polar surface area (TPSA) is 98.0 Å². The molecule has 0 spiro atoms. The molecule has 0 saturated carbocycles. The first-order valence-corrected chi connectivity index (χ1v) is 14.4. The van der Waals surface area contributed by atoms with E-state index in [1.54, 1.807) is 4.57 Å². The molecule has 220 valence electrons. The standard InChI is InChI=1S/C35H39NO6/c1-24-20-25(2)35(26(3)21-24)42-19-5-4-18-41-30-16-13-27(14-17-30)12-15-28-8-6-10-31-29(9-7-11-32(37)38)22-36(34(28)31)23-33(39)40/h6,8,10,12-17,20-22H,4-5,7,9,11,18-19,23H2,1-3H3,(H,37,38)(H,39,40)/b15-12+. The highest BCUT2D eigenvalue weighted by Gasteiger charge is 2.14. The van der Waals surface area contributed by atoms with E-state index in [2.05, 4.69) is 32.9 Å². The van der Waals surface area contributed by atoms with Crippen LogP contribution in [0.3, 0.4) is 0 Å². The molecule has 0 bridgehead atoms. The van der Waals surface area contributed by atoms with Crippen LogP contribution in [0.1, 0.15) is 59.1 Å². The van der Waals surface area contributed by atoms with Gasteiger partial charge in [0, 0.05) is 18.0 Å². The van der Waals surface area contributed by atoms with Crippen LogP contribution in [0.5, 0.6) is 11.5 Å². The number of aliphatic carboxylic acids is 2. The van der Waals surface area contributed by atoms with Crippen molar-refractivity contribution in [2.75, 3.05) is 13.2 Å². The molecule has 42 heavy (non-hydrogen) atoms. The van der Waals surface area contributed by atoms with Crippen LogP contribution in [0, 0.1) is 20.8 Å². The minimum absolute atomic E-state index is 0.0762. The van der Waals surface area contributed by atoms with Gasteiger partial charge in [-0.2, -0.15) is 0 Å². The van der Waals surface area contributed by atoms with Gasteiger partial charge in [0.15, 0.2) is 0 Å². The molecule has 2 N–H and O–H groups in total. The van der Waals surface area contributed by atoms with Gasteiger partial charge in [-0.3, -0.25) is 9.59 Å². The summed E-state index contributed by atoms with van der Waals surface area (Å²) < 4.78 is 13.7. The number of para-hydroxylation sites is 1. The number of benzene rings is 3. The maximum absolute atomic E-state index is 11.5. The Morgan fingerprint density at radius 1 is 0.833 bits per heavy atom. The molecule has 0 aliphatic rings. The van der Waals surface area contributed by atoms with Crippen molar-refractivity contribution < 1.29 is 29.3 Å². The summed E-state index contributed by atoms with van der Waals surface area (Å²) in [6.07, 6.45) is 8.75. The number of rotatable bonds is 15. The van der Waals surface area contributed by atoms with Crippen LogP contribution >= 0.6 is 0 Å². The number of aryl methyl sites for hydroxylation is 4. The number of aromatic nitrogens is 1. The van der Waals surface area contributed by atoms with Crippen molar-refractivity contribution in [2.45, 2.75) is 59.4 Å². The Morgan fingerprint density at radius 3 is 2.19 bits per heavy atom. The Labute approximate surface area is 247 Å². The quantitative estimate of drug-likeness (QED) is 0.114. The number of carboxylic acids is 2. The first-order chi connectivity index (χ1) is 20.2. The molecular weight excluding hydrogens is 530 g/mol. The summed E-state index contributed by atoms with van der Waals surface area (Å²) in [6.45, 7) is 7.37. The Morgan fingerprint density at radius 2 is 1.52 bits per heavy atom. The maximum Gasteiger partial charge on any atom is 0.323 e. The average molecular weight is 570 g/mol. The van der Waals surface area contributed by atoms with Gasteiger partial charge >= 0.3 is 11.9 Å². The Hall–Kier alpha value is -4.52. The summed E-state index contributed by atoms with van der Waals surface area (Å²) in [5.41, 5.74) is 7.26. The fraction of sp³-hybridized carbons (Fsp3) is 0.314. The van der Waals surface area contributed by atoms with E-state index in [0.29, 0.717) is 26.1 Å². The molecule has 0 aliphatic carbocycles. The number of nitrogens with zero attached hydrogens (tertiary/aromatic N) is 1. The van der Waals surface area contributed by atoms with Crippen molar-refractivity contribution in [3.05, 3.63) is 94.2 Å². The van der Waals surface area contributed by atoms with Crippen molar-refractivity contribution >= 4 is 35.0 Å². The molecule has 0 atom stereocenters. The minimum Gasteiger partial charge on any atom is -0.494 e. The van der Waals surface area contributed by atoms with E-state index in [1.807, 2.05) is 60.8 Å². The lowest BCUT2D eigenvalue weighted by Gasteiger charge is -2.13. The van der Waals surface area contributed by atoms with Gasteiger partial charge in [0.05, 0.1) is 18.7 Å². The summed E-state index contributed by atoms with van der Waals surface area (Å²) in [5.74, 6) is 0.0228. The highest BCUT2D eigenvalue weighted by Crippen LogP contribution is 2.28. The van der Waals surface area contributed by atoms with Crippen molar-refractivity contribution in [3.8, 4) is 11.5 Å². The zero-order valence-corrected chi connectivity index (χ0v) is 24.6. The van der Waals surface area contributed by atoms with E-state index in [1.165, 1.54) is 16.7 Å².